The van der Waals surface area contributed by atoms with E-state index in [1.54, 1.807) is 0 Å². The molecule has 0 radical (unpaired) electrons. The molecule has 2 unspecified atom stereocenters. The third kappa shape index (κ3) is 4.02. The lowest BCUT2D eigenvalue weighted by atomic mass is 9.93. The molecule has 0 saturated carbocycles. The molecule has 0 saturated heterocycles. The molecule has 2 nitrogen and oxygen atoms in total. The van der Waals surface area contributed by atoms with Gasteiger partial charge in [0, 0.05) is 6.61 Å². The van der Waals surface area contributed by atoms with Gasteiger partial charge in [0.15, 0.2) is 0 Å². The van der Waals surface area contributed by atoms with Crippen molar-refractivity contribution >= 4 is 0 Å². The minimum absolute atomic E-state index is 0.244. The van der Waals surface area contributed by atoms with Gasteiger partial charge in [0.05, 0.1) is 6.10 Å². The van der Waals surface area contributed by atoms with Gasteiger partial charge in [0.2, 0.25) is 0 Å². The monoisotopic (exact) mass is 208 g/mol. The lowest BCUT2D eigenvalue weighted by Crippen LogP contribution is -2.09. The van der Waals surface area contributed by atoms with Crippen LogP contribution in [-0.4, -0.2) is 16.8 Å². The first-order valence-electron chi connectivity index (χ1n) is 5.59. The zero-order valence-electron chi connectivity index (χ0n) is 9.26. The second-order valence-corrected chi connectivity index (χ2v) is 4.05. The Hall–Kier alpha value is -0.860. The summed E-state index contributed by atoms with van der Waals surface area (Å²) in [4.78, 5) is 0. The number of hydrogen-bond acceptors (Lipinski definition) is 2. The van der Waals surface area contributed by atoms with E-state index in [2.05, 4.69) is 6.92 Å². The Labute approximate surface area is 91.6 Å². The van der Waals surface area contributed by atoms with E-state index < -0.39 is 0 Å². The predicted octanol–water partition coefficient (Wildman–Crippen LogP) is 2.52. The second-order valence-electron chi connectivity index (χ2n) is 4.05. The number of hydrogen-bond donors (Lipinski definition) is 2. The van der Waals surface area contributed by atoms with Gasteiger partial charge in [-0.3, -0.25) is 0 Å². The average Bonchev–Trinajstić information content (AvgIpc) is 2.29. The van der Waals surface area contributed by atoms with Crippen molar-refractivity contribution in [1.29, 1.82) is 0 Å². The highest BCUT2D eigenvalue weighted by Gasteiger charge is 2.15. The molecule has 0 bridgehead atoms. The molecule has 0 aliphatic rings. The molecule has 0 amide bonds. The van der Waals surface area contributed by atoms with E-state index in [0.29, 0.717) is 0 Å². The van der Waals surface area contributed by atoms with Crippen molar-refractivity contribution in [3.63, 3.8) is 0 Å². The summed E-state index contributed by atoms with van der Waals surface area (Å²) < 4.78 is 0. The Morgan fingerprint density at radius 2 is 1.80 bits per heavy atom. The smallest absolute Gasteiger partial charge is 0.0815 e. The first-order valence-corrected chi connectivity index (χ1v) is 5.59. The summed E-state index contributed by atoms with van der Waals surface area (Å²) >= 11 is 0. The van der Waals surface area contributed by atoms with Crippen LogP contribution in [-0.2, 0) is 0 Å². The first-order chi connectivity index (χ1) is 7.25. The van der Waals surface area contributed by atoms with E-state index in [0.717, 1.165) is 24.8 Å². The van der Waals surface area contributed by atoms with E-state index in [4.69, 9.17) is 5.11 Å². The molecule has 0 heterocycles. The summed E-state index contributed by atoms with van der Waals surface area (Å²) in [7, 11) is 0. The highest BCUT2D eigenvalue weighted by Crippen LogP contribution is 2.25. The topological polar surface area (TPSA) is 40.5 Å². The molecule has 84 valence electrons. The Kier molecular flexibility index (Phi) is 5.37. The SMILES string of the molecule is CC(CCCCO)C(O)c1ccccc1. The number of aliphatic hydroxyl groups excluding tert-OH is 2. The Bertz CT molecular complexity index is 258. The van der Waals surface area contributed by atoms with E-state index in [1.807, 2.05) is 30.3 Å². The Balaban J connectivity index is 2.42. The molecular weight excluding hydrogens is 188 g/mol. The normalized spacial score (nSPS) is 14.9. The maximum absolute atomic E-state index is 10.0. The standard InChI is InChI=1S/C13H20O2/c1-11(7-5-6-10-14)13(15)12-8-3-2-4-9-12/h2-4,8-9,11,13-15H,5-7,10H2,1H3. The largest absolute Gasteiger partial charge is 0.396 e. The molecule has 0 aromatic heterocycles. The van der Waals surface area contributed by atoms with Gasteiger partial charge in [-0.2, -0.15) is 0 Å². The van der Waals surface area contributed by atoms with Gasteiger partial charge in [-0.25, -0.2) is 0 Å². The highest BCUT2D eigenvalue weighted by atomic mass is 16.3. The molecule has 1 aromatic rings. The molecule has 0 aliphatic heterocycles. The number of unbranched alkanes of at least 4 members (excludes halogenated alkanes) is 1. The van der Waals surface area contributed by atoms with Crippen LogP contribution in [0.2, 0.25) is 0 Å². The molecule has 0 fully saturated rings. The van der Waals surface area contributed by atoms with Crippen LogP contribution in [0.4, 0.5) is 0 Å². The van der Waals surface area contributed by atoms with Gasteiger partial charge < -0.3 is 10.2 Å². The Morgan fingerprint density at radius 1 is 1.13 bits per heavy atom. The van der Waals surface area contributed by atoms with E-state index in [1.165, 1.54) is 0 Å². The molecular formula is C13H20O2. The molecule has 0 spiro atoms. The first kappa shape index (κ1) is 12.2. The summed E-state index contributed by atoms with van der Waals surface area (Å²) in [6, 6.07) is 9.74. The Morgan fingerprint density at radius 3 is 2.40 bits per heavy atom. The van der Waals surface area contributed by atoms with Crippen LogP contribution in [0.3, 0.4) is 0 Å². The maximum Gasteiger partial charge on any atom is 0.0815 e. The van der Waals surface area contributed by atoms with Crippen LogP contribution < -0.4 is 0 Å². The lowest BCUT2D eigenvalue weighted by Gasteiger charge is -2.18. The zero-order chi connectivity index (χ0) is 11.1. The van der Waals surface area contributed by atoms with Gasteiger partial charge in [-0.15, -0.1) is 0 Å². The summed E-state index contributed by atoms with van der Waals surface area (Å²) in [5.74, 6) is 0.249. The summed E-state index contributed by atoms with van der Waals surface area (Å²) in [6.45, 7) is 2.29. The van der Waals surface area contributed by atoms with Crippen molar-refractivity contribution in [3.8, 4) is 0 Å². The van der Waals surface area contributed by atoms with E-state index in [9.17, 15) is 5.11 Å². The fraction of sp³-hybridized carbons (Fsp3) is 0.538. The van der Waals surface area contributed by atoms with Crippen LogP contribution >= 0.6 is 0 Å². The van der Waals surface area contributed by atoms with Gasteiger partial charge >= 0.3 is 0 Å². The van der Waals surface area contributed by atoms with Crippen molar-refractivity contribution in [2.45, 2.75) is 32.3 Å². The van der Waals surface area contributed by atoms with Crippen molar-refractivity contribution in [2.24, 2.45) is 5.92 Å². The van der Waals surface area contributed by atoms with Gasteiger partial charge in [0.1, 0.15) is 0 Å². The molecule has 2 heteroatoms. The number of aliphatic hydroxyl groups is 2. The predicted molar refractivity (Wildman–Crippen MR) is 61.5 cm³/mol. The second kappa shape index (κ2) is 6.59. The minimum atomic E-state index is -0.384. The van der Waals surface area contributed by atoms with Gasteiger partial charge in [-0.05, 0) is 24.3 Å². The van der Waals surface area contributed by atoms with E-state index >= 15 is 0 Å². The molecule has 2 N–H and O–H groups in total. The third-order valence-electron chi connectivity index (χ3n) is 2.75. The summed E-state index contributed by atoms with van der Waals surface area (Å²) in [5, 5.41) is 18.7. The molecule has 2 atom stereocenters. The summed E-state index contributed by atoms with van der Waals surface area (Å²) in [5.41, 5.74) is 0.981. The quantitative estimate of drug-likeness (QED) is 0.705. The van der Waals surface area contributed by atoms with Gasteiger partial charge in [-0.1, -0.05) is 43.7 Å². The molecule has 1 aromatic carbocycles. The maximum atomic E-state index is 10.0. The van der Waals surface area contributed by atoms with Crippen LogP contribution in [0.25, 0.3) is 0 Å². The lowest BCUT2D eigenvalue weighted by molar-refractivity contribution is 0.110. The average molecular weight is 208 g/mol. The highest BCUT2D eigenvalue weighted by molar-refractivity contribution is 5.17. The molecule has 15 heavy (non-hydrogen) atoms. The van der Waals surface area contributed by atoms with Crippen molar-refractivity contribution < 1.29 is 10.2 Å². The van der Waals surface area contributed by atoms with Crippen LogP contribution in [0, 0.1) is 5.92 Å². The van der Waals surface area contributed by atoms with Crippen LogP contribution in [0.1, 0.15) is 37.9 Å². The fourth-order valence-electron chi connectivity index (χ4n) is 1.71. The summed E-state index contributed by atoms with van der Waals surface area (Å²) in [6.07, 6.45) is 2.37. The number of rotatable bonds is 6. The zero-order valence-corrected chi connectivity index (χ0v) is 9.26. The molecule has 1 rings (SSSR count). The van der Waals surface area contributed by atoms with Crippen molar-refractivity contribution in [2.75, 3.05) is 6.61 Å². The fourth-order valence-corrected chi connectivity index (χ4v) is 1.71. The third-order valence-corrected chi connectivity index (χ3v) is 2.75. The van der Waals surface area contributed by atoms with Crippen molar-refractivity contribution in [3.05, 3.63) is 35.9 Å². The van der Waals surface area contributed by atoms with Gasteiger partial charge in [0.25, 0.3) is 0 Å². The molecule has 0 aliphatic carbocycles. The van der Waals surface area contributed by atoms with Crippen LogP contribution in [0.5, 0.6) is 0 Å². The number of benzene rings is 1. The van der Waals surface area contributed by atoms with E-state index in [-0.39, 0.29) is 18.6 Å². The van der Waals surface area contributed by atoms with Crippen molar-refractivity contribution in [1.82, 2.24) is 0 Å². The van der Waals surface area contributed by atoms with Crippen LogP contribution in [0.15, 0.2) is 30.3 Å². The minimum Gasteiger partial charge on any atom is -0.396 e.